The van der Waals surface area contributed by atoms with Crippen LogP contribution in [0.15, 0.2) is 12.4 Å². The van der Waals surface area contributed by atoms with Crippen molar-refractivity contribution in [1.29, 1.82) is 0 Å². The molecule has 16 heavy (non-hydrogen) atoms. The number of imidazole rings is 1. The van der Waals surface area contributed by atoms with Crippen LogP contribution in [0.2, 0.25) is 0 Å². The standard InChI is InChI=1S/C11H18N4O/c1-12-8-9-4-3-6-15(9)11(16)10-13-5-7-14(10)2/h5,7,9,12H,3-4,6,8H2,1-2H3. The Morgan fingerprint density at radius 2 is 2.50 bits per heavy atom. The number of aryl methyl sites for hydroxylation is 1. The third-order valence-corrected chi connectivity index (χ3v) is 3.09. The third-order valence-electron chi connectivity index (χ3n) is 3.09. The summed E-state index contributed by atoms with van der Waals surface area (Å²) in [7, 11) is 3.77. The topological polar surface area (TPSA) is 50.2 Å². The number of aromatic nitrogens is 2. The highest BCUT2D eigenvalue weighted by atomic mass is 16.2. The fraction of sp³-hybridized carbons (Fsp3) is 0.636. The van der Waals surface area contributed by atoms with Gasteiger partial charge in [-0.2, -0.15) is 0 Å². The molecular weight excluding hydrogens is 204 g/mol. The number of likely N-dealkylation sites (N-methyl/N-ethyl adjacent to an activating group) is 1. The van der Waals surface area contributed by atoms with Gasteiger partial charge in [-0.25, -0.2) is 4.98 Å². The predicted octanol–water partition coefficient (Wildman–Crippen LogP) is 0.244. The lowest BCUT2D eigenvalue weighted by molar-refractivity contribution is 0.0721. The van der Waals surface area contributed by atoms with Crippen molar-refractivity contribution >= 4 is 5.91 Å². The van der Waals surface area contributed by atoms with Gasteiger partial charge in [0.15, 0.2) is 5.82 Å². The quantitative estimate of drug-likeness (QED) is 0.797. The van der Waals surface area contributed by atoms with Gasteiger partial charge in [0.2, 0.25) is 0 Å². The van der Waals surface area contributed by atoms with E-state index >= 15 is 0 Å². The van der Waals surface area contributed by atoms with E-state index in [1.807, 2.05) is 19.0 Å². The van der Waals surface area contributed by atoms with Crippen LogP contribution in [-0.2, 0) is 7.05 Å². The molecule has 5 heteroatoms. The molecule has 1 saturated heterocycles. The normalized spacial score (nSPS) is 20.4. The predicted molar refractivity (Wildman–Crippen MR) is 61.2 cm³/mol. The van der Waals surface area contributed by atoms with E-state index in [4.69, 9.17) is 0 Å². The zero-order valence-corrected chi connectivity index (χ0v) is 9.81. The Balaban J connectivity index is 2.12. The molecule has 1 aromatic heterocycles. The SMILES string of the molecule is CNCC1CCCN1C(=O)c1nccn1C. The second-order valence-corrected chi connectivity index (χ2v) is 4.21. The Bertz CT molecular complexity index is 374. The van der Waals surface area contributed by atoms with Crippen molar-refractivity contribution in [2.75, 3.05) is 20.1 Å². The second kappa shape index (κ2) is 4.65. The molecule has 88 valence electrons. The summed E-state index contributed by atoms with van der Waals surface area (Å²) in [5, 5.41) is 3.13. The third kappa shape index (κ3) is 1.95. The van der Waals surface area contributed by atoms with Gasteiger partial charge >= 0.3 is 0 Å². The molecule has 0 bridgehead atoms. The summed E-state index contributed by atoms with van der Waals surface area (Å²) in [5.74, 6) is 0.577. The number of nitrogens with zero attached hydrogens (tertiary/aromatic N) is 3. The van der Waals surface area contributed by atoms with Gasteiger partial charge < -0.3 is 14.8 Å². The zero-order chi connectivity index (χ0) is 11.5. The molecule has 1 aromatic rings. The molecule has 0 aromatic carbocycles. The van der Waals surface area contributed by atoms with E-state index in [0.29, 0.717) is 11.9 Å². The molecule has 1 fully saturated rings. The fourth-order valence-electron chi connectivity index (χ4n) is 2.25. The van der Waals surface area contributed by atoms with Gasteiger partial charge in [-0.15, -0.1) is 0 Å². The van der Waals surface area contributed by atoms with Crippen molar-refractivity contribution in [3.63, 3.8) is 0 Å². The molecule has 5 nitrogen and oxygen atoms in total. The second-order valence-electron chi connectivity index (χ2n) is 4.21. The highest BCUT2D eigenvalue weighted by Gasteiger charge is 2.30. The van der Waals surface area contributed by atoms with E-state index in [2.05, 4.69) is 10.3 Å². The molecule has 0 radical (unpaired) electrons. The molecule has 1 amide bonds. The van der Waals surface area contributed by atoms with E-state index in [-0.39, 0.29) is 5.91 Å². The number of likely N-dealkylation sites (tertiary alicyclic amines) is 1. The average molecular weight is 222 g/mol. The Labute approximate surface area is 95.5 Å². The maximum absolute atomic E-state index is 12.2. The first-order valence-electron chi connectivity index (χ1n) is 5.67. The molecule has 1 atom stereocenters. The Morgan fingerprint density at radius 1 is 1.69 bits per heavy atom. The van der Waals surface area contributed by atoms with Gasteiger partial charge in [-0.05, 0) is 19.9 Å². The minimum absolute atomic E-state index is 0.0465. The van der Waals surface area contributed by atoms with Gasteiger partial charge in [0.05, 0.1) is 0 Å². The number of nitrogens with one attached hydrogen (secondary N) is 1. The number of rotatable bonds is 3. The summed E-state index contributed by atoms with van der Waals surface area (Å²) in [6.45, 7) is 1.70. The van der Waals surface area contributed by atoms with Crippen molar-refractivity contribution in [3.8, 4) is 0 Å². The highest BCUT2D eigenvalue weighted by Crippen LogP contribution is 2.18. The maximum Gasteiger partial charge on any atom is 0.290 e. The van der Waals surface area contributed by atoms with Crippen molar-refractivity contribution in [2.45, 2.75) is 18.9 Å². The number of amides is 1. The molecule has 1 aliphatic heterocycles. The fourth-order valence-corrected chi connectivity index (χ4v) is 2.25. The van der Waals surface area contributed by atoms with Crippen molar-refractivity contribution in [2.24, 2.45) is 7.05 Å². The van der Waals surface area contributed by atoms with Crippen LogP contribution in [-0.4, -0.2) is 46.5 Å². The molecule has 2 heterocycles. The lowest BCUT2D eigenvalue weighted by atomic mass is 10.2. The first kappa shape index (κ1) is 11.1. The van der Waals surface area contributed by atoms with Crippen LogP contribution >= 0.6 is 0 Å². The lowest BCUT2D eigenvalue weighted by Crippen LogP contribution is -2.41. The highest BCUT2D eigenvalue weighted by molar-refractivity contribution is 5.91. The van der Waals surface area contributed by atoms with E-state index in [9.17, 15) is 4.79 Å². The molecule has 0 spiro atoms. The minimum atomic E-state index is 0.0465. The molecule has 1 unspecified atom stereocenters. The van der Waals surface area contributed by atoms with Gasteiger partial charge in [-0.3, -0.25) is 4.79 Å². The molecule has 0 saturated carbocycles. The van der Waals surface area contributed by atoms with Crippen LogP contribution in [0, 0.1) is 0 Å². The summed E-state index contributed by atoms with van der Waals surface area (Å²) in [6.07, 6.45) is 5.63. The Hall–Kier alpha value is -1.36. The van der Waals surface area contributed by atoms with Gasteiger partial charge in [0.25, 0.3) is 5.91 Å². The van der Waals surface area contributed by atoms with E-state index in [1.165, 1.54) is 0 Å². The molecule has 0 aliphatic carbocycles. The number of hydrogen-bond acceptors (Lipinski definition) is 3. The van der Waals surface area contributed by atoms with Crippen LogP contribution < -0.4 is 5.32 Å². The van der Waals surface area contributed by atoms with Crippen LogP contribution in [0.3, 0.4) is 0 Å². The van der Waals surface area contributed by atoms with Crippen LogP contribution in [0.1, 0.15) is 23.5 Å². The lowest BCUT2D eigenvalue weighted by Gasteiger charge is -2.24. The molecule has 2 rings (SSSR count). The van der Waals surface area contributed by atoms with Crippen molar-refractivity contribution in [1.82, 2.24) is 19.8 Å². The Morgan fingerprint density at radius 3 is 3.12 bits per heavy atom. The van der Waals surface area contributed by atoms with Crippen molar-refractivity contribution in [3.05, 3.63) is 18.2 Å². The van der Waals surface area contributed by atoms with E-state index in [0.717, 1.165) is 25.9 Å². The maximum atomic E-state index is 12.2. The summed E-state index contributed by atoms with van der Waals surface area (Å²) < 4.78 is 1.77. The summed E-state index contributed by atoms with van der Waals surface area (Å²) >= 11 is 0. The van der Waals surface area contributed by atoms with Crippen LogP contribution in [0.4, 0.5) is 0 Å². The largest absolute Gasteiger partial charge is 0.332 e. The monoisotopic (exact) mass is 222 g/mol. The minimum Gasteiger partial charge on any atom is -0.332 e. The van der Waals surface area contributed by atoms with Crippen LogP contribution in [0.25, 0.3) is 0 Å². The summed E-state index contributed by atoms with van der Waals surface area (Å²) in [6, 6.07) is 0.314. The van der Waals surface area contributed by atoms with Crippen molar-refractivity contribution < 1.29 is 4.79 Å². The van der Waals surface area contributed by atoms with Gasteiger partial charge in [0.1, 0.15) is 0 Å². The number of carbonyl (C=O) groups excluding carboxylic acids is 1. The van der Waals surface area contributed by atoms with E-state index < -0.39 is 0 Å². The average Bonchev–Trinajstić information content (AvgIpc) is 2.87. The summed E-state index contributed by atoms with van der Waals surface area (Å²) in [4.78, 5) is 18.3. The van der Waals surface area contributed by atoms with Gasteiger partial charge in [0, 0.05) is 38.6 Å². The number of carbonyl (C=O) groups is 1. The molecule has 1 N–H and O–H groups in total. The Kier molecular flexibility index (Phi) is 3.24. The zero-order valence-electron chi connectivity index (χ0n) is 9.81. The summed E-state index contributed by atoms with van der Waals surface area (Å²) in [5.41, 5.74) is 0. The smallest absolute Gasteiger partial charge is 0.290 e. The number of hydrogen-bond donors (Lipinski definition) is 1. The van der Waals surface area contributed by atoms with Gasteiger partial charge in [-0.1, -0.05) is 0 Å². The van der Waals surface area contributed by atoms with Crippen LogP contribution in [0.5, 0.6) is 0 Å². The first-order valence-corrected chi connectivity index (χ1v) is 5.67. The molecular formula is C11H18N4O. The first-order chi connectivity index (χ1) is 7.74. The van der Waals surface area contributed by atoms with E-state index in [1.54, 1.807) is 17.0 Å². The molecule has 1 aliphatic rings.